The minimum atomic E-state index is -0.360. The third-order valence-corrected chi connectivity index (χ3v) is 3.13. The van der Waals surface area contributed by atoms with Gasteiger partial charge in [-0.2, -0.15) is 5.10 Å². The molecule has 22 heavy (non-hydrogen) atoms. The van der Waals surface area contributed by atoms with Crippen LogP contribution in [0.3, 0.4) is 0 Å². The van der Waals surface area contributed by atoms with Crippen molar-refractivity contribution in [1.29, 1.82) is 0 Å². The van der Waals surface area contributed by atoms with Gasteiger partial charge in [0.1, 0.15) is 5.75 Å². The fourth-order valence-electron chi connectivity index (χ4n) is 2.21. The molecule has 0 aliphatic rings. The van der Waals surface area contributed by atoms with Crippen LogP contribution in [-0.4, -0.2) is 22.7 Å². The first-order valence-electron chi connectivity index (χ1n) is 7.36. The van der Waals surface area contributed by atoms with E-state index in [0.29, 0.717) is 30.9 Å². The number of carbonyl (C=O) groups is 1. The van der Waals surface area contributed by atoms with E-state index in [1.165, 1.54) is 10.7 Å². The number of aldehydes is 1. The third kappa shape index (κ3) is 3.42. The number of aromatic nitrogens is 2. The number of hydrogen-bond acceptors (Lipinski definition) is 4. The molecule has 0 aliphatic carbocycles. The third-order valence-electron chi connectivity index (χ3n) is 3.13. The quantitative estimate of drug-likeness (QED) is 0.770. The summed E-state index contributed by atoms with van der Waals surface area (Å²) in [6.07, 6.45) is 0.577. The van der Waals surface area contributed by atoms with Gasteiger partial charge in [-0.1, -0.05) is 26.0 Å². The zero-order valence-corrected chi connectivity index (χ0v) is 13.1. The number of carbonyl (C=O) groups excluding carboxylic acids is 1. The predicted octanol–water partition coefficient (Wildman–Crippen LogP) is 2.78. The lowest BCUT2D eigenvalue weighted by molar-refractivity contribution is 0.112. The van der Waals surface area contributed by atoms with E-state index >= 15 is 0 Å². The summed E-state index contributed by atoms with van der Waals surface area (Å²) in [4.78, 5) is 23.4. The molecule has 0 unspecified atom stereocenters. The molecule has 0 atom stereocenters. The topological polar surface area (TPSA) is 61.2 Å². The fourth-order valence-corrected chi connectivity index (χ4v) is 2.21. The highest BCUT2D eigenvalue weighted by molar-refractivity contribution is 5.78. The Balaban J connectivity index is 2.61. The summed E-state index contributed by atoms with van der Waals surface area (Å²) in [7, 11) is 0. The molecule has 0 radical (unpaired) electrons. The first kappa shape index (κ1) is 15.9. The van der Waals surface area contributed by atoms with Crippen LogP contribution >= 0.6 is 0 Å². The highest BCUT2D eigenvalue weighted by atomic mass is 16.5. The summed E-state index contributed by atoms with van der Waals surface area (Å²) < 4.78 is 6.95. The van der Waals surface area contributed by atoms with E-state index in [1.54, 1.807) is 0 Å². The molecule has 0 saturated carbocycles. The van der Waals surface area contributed by atoms with Crippen molar-refractivity contribution < 1.29 is 9.53 Å². The smallest absolute Gasteiger partial charge is 0.277 e. The van der Waals surface area contributed by atoms with Crippen LogP contribution in [0.5, 0.6) is 5.75 Å². The average Bonchev–Trinajstić information content (AvgIpc) is 2.50. The van der Waals surface area contributed by atoms with Gasteiger partial charge >= 0.3 is 0 Å². The van der Waals surface area contributed by atoms with Crippen LogP contribution < -0.4 is 10.3 Å². The lowest BCUT2D eigenvalue weighted by Crippen LogP contribution is -2.28. The summed E-state index contributed by atoms with van der Waals surface area (Å²) in [5.74, 6) is 0.936. The van der Waals surface area contributed by atoms with E-state index in [4.69, 9.17) is 4.74 Å². The maximum Gasteiger partial charge on any atom is 0.277 e. The van der Waals surface area contributed by atoms with Crippen LogP contribution in [-0.2, 0) is 6.54 Å². The number of benzene rings is 1. The van der Waals surface area contributed by atoms with Crippen molar-refractivity contribution in [2.75, 3.05) is 6.61 Å². The molecule has 1 aromatic carbocycles. The van der Waals surface area contributed by atoms with Crippen LogP contribution in [0.4, 0.5) is 0 Å². The van der Waals surface area contributed by atoms with E-state index in [1.807, 2.05) is 45.0 Å². The highest BCUT2D eigenvalue weighted by Crippen LogP contribution is 2.28. The van der Waals surface area contributed by atoms with Crippen molar-refractivity contribution in [3.63, 3.8) is 0 Å². The van der Waals surface area contributed by atoms with Crippen LogP contribution in [0.15, 0.2) is 35.1 Å². The monoisotopic (exact) mass is 300 g/mol. The second-order valence-corrected chi connectivity index (χ2v) is 5.41. The molecule has 0 spiro atoms. The molecule has 1 heterocycles. The van der Waals surface area contributed by atoms with E-state index < -0.39 is 0 Å². The molecule has 0 fully saturated rings. The molecule has 0 amide bonds. The summed E-state index contributed by atoms with van der Waals surface area (Å²) >= 11 is 0. The number of hydrogen-bond donors (Lipinski definition) is 0. The lowest BCUT2D eigenvalue weighted by atomic mass is 10.1. The SMILES string of the molecule is CCOc1ccccc1-c1cc(C=O)c(=O)n(CC(C)C)n1. The molecular weight excluding hydrogens is 280 g/mol. The zero-order chi connectivity index (χ0) is 16.1. The van der Waals surface area contributed by atoms with E-state index in [2.05, 4.69) is 5.10 Å². The normalized spacial score (nSPS) is 10.7. The van der Waals surface area contributed by atoms with E-state index in [-0.39, 0.29) is 17.0 Å². The van der Waals surface area contributed by atoms with Gasteiger partial charge in [0, 0.05) is 12.1 Å². The predicted molar refractivity (Wildman–Crippen MR) is 85.3 cm³/mol. The van der Waals surface area contributed by atoms with Gasteiger partial charge in [0.25, 0.3) is 5.56 Å². The van der Waals surface area contributed by atoms with Crippen LogP contribution in [0.2, 0.25) is 0 Å². The Morgan fingerprint density at radius 3 is 2.68 bits per heavy atom. The number of rotatable bonds is 6. The molecule has 2 aromatic rings. The van der Waals surface area contributed by atoms with Crippen molar-refractivity contribution in [2.24, 2.45) is 5.92 Å². The van der Waals surface area contributed by atoms with Crippen LogP contribution in [0.1, 0.15) is 31.1 Å². The van der Waals surface area contributed by atoms with Crippen molar-refractivity contribution in [1.82, 2.24) is 9.78 Å². The van der Waals surface area contributed by atoms with Gasteiger partial charge in [0.15, 0.2) is 6.29 Å². The molecule has 0 saturated heterocycles. The minimum Gasteiger partial charge on any atom is -0.493 e. The van der Waals surface area contributed by atoms with Gasteiger partial charge in [-0.15, -0.1) is 0 Å². The van der Waals surface area contributed by atoms with Gasteiger partial charge < -0.3 is 4.74 Å². The molecule has 0 bridgehead atoms. The summed E-state index contributed by atoms with van der Waals surface area (Å²) in [5, 5.41) is 4.40. The standard InChI is InChI=1S/C17H20N2O3/c1-4-22-16-8-6-5-7-14(16)15-9-13(11-20)17(21)19(18-15)10-12(2)3/h5-9,11-12H,4,10H2,1-3H3. The van der Waals surface area contributed by atoms with Gasteiger partial charge in [-0.3, -0.25) is 9.59 Å². The molecule has 116 valence electrons. The summed E-state index contributed by atoms with van der Waals surface area (Å²) in [6, 6.07) is 8.98. The highest BCUT2D eigenvalue weighted by Gasteiger charge is 2.13. The van der Waals surface area contributed by atoms with Crippen molar-refractivity contribution in [3.05, 3.63) is 46.2 Å². The second-order valence-electron chi connectivity index (χ2n) is 5.41. The molecule has 0 aliphatic heterocycles. The fraction of sp³-hybridized carbons (Fsp3) is 0.353. The Kier molecular flexibility index (Phi) is 5.09. The van der Waals surface area contributed by atoms with Gasteiger partial charge in [-0.25, -0.2) is 4.68 Å². The average molecular weight is 300 g/mol. The molecule has 5 heteroatoms. The second kappa shape index (κ2) is 7.02. The summed E-state index contributed by atoms with van der Waals surface area (Å²) in [5.41, 5.74) is 1.08. The van der Waals surface area contributed by atoms with Crippen molar-refractivity contribution in [2.45, 2.75) is 27.3 Å². The van der Waals surface area contributed by atoms with Gasteiger partial charge in [0.2, 0.25) is 0 Å². The van der Waals surface area contributed by atoms with Crippen LogP contribution in [0.25, 0.3) is 11.3 Å². The molecule has 5 nitrogen and oxygen atoms in total. The Labute approximate surface area is 129 Å². The number of para-hydroxylation sites is 1. The maximum absolute atomic E-state index is 12.2. The van der Waals surface area contributed by atoms with E-state index in [0.717, 1.165) is 5.56 Å². The Bertz CT molecular complexity index is 720. The number of ether oxygens (including phenoxy) is 1. The lowest BCUT2D eigenvalue weighted by Gasteiger charge is -2.13. The largest absolute Gasteiger partial charge is 0.493 e. The van der Waals surface area contributed by atoms with Crippen molar-refractivity contribution >= 4 is 6.29 Å². The Morgan fingerprint density at radius 1 is 1.32 bits per heavy atom. The molecule has 0 N–H and O–H groups in total. The summed E-state index contributed by atoms with van der Waals surface area (Å²) in [6.45, 7) is 6.89. The molecular formula is C17H20N2O3. The first-order valence-corrected chi connectivity index (χ1v) is 7.36. The van der Waals surface area contributed by atoms with Crippen LogP contribution in [0, 0.1) is 5.92 Å². The Morgan fingerprint density at radius 2 is 2.05 bits per heavy atom. The first-order chi connectivity index (χ1) is 10.6. The van der Waals surface area contributed by atoms with Gasteiger partial charge in [0.05, 0.1) is 17.9 Å². The van der Waals surface area contributed by atoms with Crippen molar-refractivity contribution in [3.8, 4) is 17.0 Å². The zero-order valence-electron chi connectivity index (χ0n) is 13.1. The minimum absolute atomic E-state index is 0.108. The molecule has 2 rings (SSSR count). The van der Waals surface area contributed by atoms with Gasteiger partial charge in [-0.05, 0) is 31.0 Å². The Hall–Kier alpha value is -2.43. The maximum atomic E-state index is 12.2. The molecule has 1 aromatic heterocycles. The van der Waals surface area contributed by atoms with E-state index in [9.17, 15) is 9.59 Å². The number of nitrogens with zero attached hydrogens (tertiary/aromatic N) is 2.